The van der Waals surface area contributed by atoms with E-state index in [0.29, 0.717) is 24.2 Å². The van der Waals surface area contributed by atoms with Gasteiger partial charge in [-0.05, 0) is 47.9 Å². The normalized spacial score (nSPS) is 10.9. The fourth-order valence-electron chi connectivity index (χ4n) is 3.55. The Morgan fingerprint density at radius 3 is 2.45 bits per heavy atom. The highest BCUT2D eigenvalue weighted by atomic mass is 19.1. The molecule has 158 valence electrons. The van der Waals surface area contributed by atoms with Crippen LogP contribution in [0.15, 0.2) is 77.6 Å². The minimum Gasteiger partial charge on any atom is -0.338 e. The summed E-state index contributed by atoms with van der Waals surface area (Å²) in [5.74, 6) is -0.298. The van der Waals surface area contributed by atoms with E-state index in [1.807, 2.05) is 35.0 Å². The molecule has 3 aromatic carbocycles. The van der Waals surface area contributed by atoms with Crippen molar-refractivity contribution >= 4 is 22.6 Å². The molecule has 0 aliphatic rings. The third-order valence-corrected chi connectivity index (χ3v) is 5.21. The summed E-state index contributed by atoms with van der Waals surface area (Å²) >= 11 is 0. The van der Waals surface area contributed by atoms with Gasteiger partial charge < -0.3 is 10.6 Å². The summed E-state index contributed by atoms with van der Waals surface area (Å²) in [4.78, 5) is 24.9. The molecule has 0 fully saturated rings. The zero-order valence-electron chi connectivity index (χ0n) is 17.1. The van der Waals surface area contributed by atoms with Gasteiger partial charge in [0.1, 0.15) is 5.82 Å². The Morgan fingerprint density at radius 1 is 0.968 bits per heavy atom. The standard InChI is InChI=1S/C24H23FN4O2/c1-28-23(30)21-15-20(27-24(31)26-14-13-17-5-3-2-4-6-17)11-12-22(21)29(28)16-18-7-9-19(25)10-8-18/h2-12,15H,13-14,16H2,1H3,(H2,26,27,31). The summed E-state index contributed by atoms with van der Waals surface area (Å²) in [7, 11) is 1.69. The second-order valence-corrected chi connectivity index (χ2v) is 7.36. The number of aromatic nitrogens is 2. The van der Waals surface area contributed by atoms with Crippen molar-refractivity contribution in [3.8, 4) is 0 Å². The van der Waals surface area contributed by atoms with Gasteiger partial charge in [-0.15, -0.1) is 0 Å². The summed E-state index contributed by atoms with van der Waals surface area (Å²) in [5, 5.41) is 6.12. The molecule has 2 N–H and O–H groups in total. The fraction of sp³-hybridized carbons (Fsp3) is 0.167. The number of hydrogen-bond donors (Lipinski definition) is 2. The Morgan fingerprint density at radius 2 is 1.71 bits per heavy atom. The summed E-state index contributed by atoms with van der Waals surface area (Å²) in [6, 6.07) is 21.0. The Kier molecular flexibility index (Phi) is 5.84. The lowest BCUT2D eigenvalue weighted by molar-refractivity contribution is 0.252. The van der Waals surface area contributed by atoms with Gasteiger partial charge in [0.25, 0.3) is 5.56 Å². The van der Waals surface area contributed by atoms with Gasteiger partial charge in [-0.3, -0.25) is 14.2 Å². The second kappa shape index (κ2) is 8.87. The largest absolute Gasteiger partial charge is 0.338 e. The average molecular weight is 418 g/mol. The molecule has 0 radical (unpaired) electrons. The first-order valence-electron chi connectivity index (χ1n) is 10.0. The minimum atomic E-state index is -0.321. The van der Waals surface area contributed by atoms with Crippen LogP contribution in [0.4, 0.5) is 14.9 Å². The second-order valence-electron chi connectivity index (χ2n) is 7.36. The monoisotopic (exact) mass is 418 g/mol. The van der Waals surface area contributed by atoms with Crippen molar-refractivity contribution in [3.63, 3.8) is 0 Å². The number of halogens is 1. The molecule has 4 aromatic rings. The summed E-state index contributed by atoms with van der Waals surface area (Å²) in [5.41, 5.74) is 3.16. The number of nitrogens with one attached hydrogen (secondary N) is 2. The summed E-state index contributed by atoms with van der Waals surface area (Å²) in [6.07, 6.45) is 0.736. The smallest absolute Gasteiger partial charge is 0.319 e. The van der Waals surface area contributed by atoms with E-state index in [0.717, 1.165) is 23.1 Å². The van der Waals surface area contributed by atoms with Crippen LogP contribution in [0.25, 0.3) is 10.9 Å². The van der Waals surface area contributed by atoms with E-state index >= 15 is 0 Å². The molecule has 2 amide bonds. The topological polar surface area (TPSA) is 68.1 Å². The van der Waals surface area contributed by atoms with Crippen LogP contribution in [-0.4, -0.2) is 21.9 Å². The van der Waals surface area contributed by atoms with Gasteiger partial charge >= 0.3 is 6.03 Å². The molecule has 0 spiro atoms. The SMILES string of the molecule is Cn1c(=O)c2cc(NC(=O)NCCc3ccccc3)ccc2n1Cc1ccc(F)cc1. The number of rotatable bonds is 6. The van der Waals surface area contributed by atoms with Crippen LogP contribution in [0.1, 0.15) is 11.1 Å². The van der Waals surface area contributed by atoms with Crippen molar-refractivity contribution in [1.29, 1.82) is 0 Å². The highest BCUT2D eigenvalue weighted by molar-refractivity contribution is 5.92. The van der Waals surface area contributed by atoms with Crippen molar-refractivity contribution in [2.45, 2.75) is 13.0 Å². The molecule has 0 saturated carbocycles. The predicted octanol–water partition coefficient (Wildman–Crippen LogP) is 3.89. The molecule has 6 nitrogen and oxygen atoms in total. The lowest BCUT2D eigenvalue weighted by atomic mass is 10.1. The maximum Gasteiger partial charge on any atom is 0.319 e. The van der Waals surface area contributed by atoms with Crippen LogP contribution in [0.3, 0.4) is 0 Å². The van der Waals surface area contributed by atoms with E-state index in [1.165, 1.54) is 16.8 Å². The van der Waals surface area contributed by atoms with E-state index in [1.54, 1.807) is 37.4 Å². The van der Waals surface area contributed by atoms with Gasteiger partial charge in [0.15, 0.2) is 0 Å². The lowest BCUT2D eigenvalue weighted by Crippen LogP contribution is -2.30. The van der Waals surface area contributed by atoms with Crippen LogP contribution < -0.4 is 16.2 Å². The summed E-state index contributed by atoms with van der Waals surface area (Å²) < 4.78 is 16.5. The van der Waals surface area contributed by atoms with Crippen molar-refractivity contribution in [2.24, 2.45) is 7.05 Å². The van der Waals surface area contributed by atoms with Crippen LogP contribution in [0, 0.1) is 5.82 Å². The van der Waals surface area contributed by atoms with E-state index in [-0.39, 0.29) is 17.4 Å². The minimum absolute atomic E-state index is 0.162. The van der Waals surface area contributed by atoms with Crippen molar-refractivity contribution in [1.82, 2.24) is 14.7 Å². The average Bonchev–Trinajstić information content (AvgIpc) is 3.00. The molecule has 0 unspecified atom stereocenters. The zero-order chi connectivity index (χ0) is 21.8. The molecule has 0 aliphatic carbocycles. The number of carbonyl (C=O) groups excluding carboxylic acids is 1. The molecule has 0 saturated heterocycles. The number of fused-ring (bicyclic) bond motifs is 1. The maximum absolute atomic E-state index is 13.2. The Balaban J connectivity index is 1.46. The molecule has 0 atom stereocenters. The maximum atomic E-state index is 13.2. The Bertz CT molecular complexity index is 1260. The van der Waals surface area contributed by atoms with Crippen LogP contribution in [0.2, 0.25) is 0 Å². The Labute approximate surface area is 178 Å². The molecular weight excluding hydrogens is 395 g/mol. The molecule has 7 heteroatoms. The molecule has 1 aromatic heterocycles. The number of carbonyl (C=O) groups is 1. The highest BCUT2D eigenvalue weighted by Crippen LogP contribution is 2.18. The number of urea groups is 1. The predicted molar refractivity (Wildman–Crippen MR) is 120 cm³/mol. The first kappa shape index (κ1) is 20.4. The number of nitrogens with zero attached hydrogens (tertiary/aromatic N) is 2. The van der Waals surface area contributed by atoms with Gasteiger partial charge in [-0.1, -0.05) is 42.5 Å². The highest BCUT2D eigenvalue weighted by Gasteiger charge is 2.12. The molecule has 4 rings (SSSR count). The third-order valence-electron chi connectivity index (χ3n) is 5.21. The fourth-order valence-corrected chi connectivity index (χ4v) is 3.55. The van der Waals surface area contributed by atoms with Crippen LogP contribution in [-0.2, 0) is 20.0 Å². The Hall–Kier alpha value is -3.87. The molecular formula is C24H23FN4O2. The van der Waals surface area contributed by atoms with E-state index in [9.17, 15) is 14.0 Å². The molecule has 1 heterocycles. The van der Waals surface area contributed by atoms with E-state index in [2.05, 4.69) is 10.6 Å². The number of hydrogen-bond acceptors (Lipinski definition) is 2. The summed E-state index contributed by atoms with van der Waals surface area (Å²) in [6.45, 7) is 0.941. The quantitative estimate of drug-likeness (QED) is 0.499. The van der Waals surface area contributed by atoms with Gasteiger partial charge in [-0.25, -0.2) is 9.18 Å². The van der Waals surface area contributed by atoms with Crippen LogP contribution >= 0.6 is 0 Å². The lowest BCUT2D eigenvalue weighted by Gasteiger charge is -2.10. The first-order valence-corrected chi connectivity index (χ1v) is 10.0. The van der Waals surface area contributed by atoms with E-state index < -0.39 is 0 Å². The molecule has 31 heavy (non-hydrogen) atoms. The van der Waals surface area contributed by atoms with Crippen molar-refractivity contribution < 1.29 is 9.18 Å². The zero-order valence-corrected chi connectivity index (χ0v) is 17.1. The van der Waals surface area contributed by atoms with Gasteiger partial charge in [0.05, 0.1) is 17.4 Å². The number of anilines is 1. The van der Waals surface area contributed by atoms with Gasteiger partial charge in [0, 0.05) is 19.3 Å². The van der Waals surface area contributed by atoms with Crippen LogP contribution in [0.5, 0.6) is 0 Å². The molecule has 0 bridgehead atoms. The van der Waals surface area contributed by atoms with Gasteiger partial charge in [-0.2, -0.15) is 0 Å². The molecule has 0 aliphatic heterocycles. The third kappa shape index (κ3) is 4.66. The van der Waals surface area contributed by atoms with Gasteiger partial charge in [0.2, 0.25) is 0 Å². The van der Waals surface area contributed by atoms with Crippen molar-refractivity contribution in [2.75, 3.05) is 11.9 Å². The number of benzene rings is 3. The number of amides is 2. The van der Waals surface area contributed by atoms with E-state index in [4.69, 9.17) is 0 Å². The van der Waals surface area contributed by atoms with Crippen molar-refractivity contribution in [3.05, 3.63) is 100 Å². The first-order chi connectivity index (χ1) is 15.0.